The zero-order chi connectivity index (χ0) is 16.6. The highest BCUT2D eigenvalue weighted by Gasteiger charge is 2.16. The van der Waals surface area contributed by atoms with Gasteiger partial charge in [0.15, 0.2) is 11.5 Å². The monoisotopic (exact) mass is 308 g/mol. The van der Waals surface area contributed by atoms with Crippen LogP contribution in [0.2, 0.25) is 0 Å². The third-order valence-electron chi connectivity index (χ3n) is 4.36. The Labute approximate surface area is 135 Å². The Hall–Kier alpha value is -1.42. The zero-order valence-electron chi connectivity index (χ0n) is 14.8. The van der Waals surface area contributed by atoms with E-state index < -0.39 is 0 Å². The van der Waals surface area contributed by atoms with Crippen molar-refractivity contribution in [1.29, 1.82) is 0 Å². The molecule has 0 spiro atoms. The average molecular weight is 308 g/mol. The van der Waals surface area contributed by atoms with Crippen LogP contribution in [0.3, 0.4) is 0 Å². The van der Waals surface area contributed by atoms with Gasteiger partial charge in [0.2, 0.25) is 0 Å². The Bertz CT molecular complexity index is 447. The largest absolute Gasteiger partial charge is 0.493 e. The van der Waals surface area contributed by atoms with Gasteiger partial charge in [-0.1, -0.05) is 34.1 Å². The Morgan fingerprint density at radius 2 is 1.86 bits per heavy atom. The first-order valence-electron chi connectivity index (χ1n) is 8.20. The number of hydrogen-bond acceptors (Lipinski definition) is 4. The summed E-state index contributed by atoms with van der Waals surface area (Å²) in [6.07, 6.45) is 2.42. The molecule has 1 aromatic rings. The Morgan fingerprint density at radius 3 is 2.45 bits per heavy atom. The number of nitrogens with zero attached hydrogens (tertiary/aromatic N) is 1. The van der Waals surface area contributed by atoms with E-state index in [2.05, 4.69) is 32.6 Å². The lowest BCUT2D eigenvalue weighted by Crippen LogP contribution is -2.31. The summed E-state index contributed by atoms with van der Waals surface area (Å²) in [5, 5.41) is 0. The van der Waals surface area contributed by atoms with Crippen molar-refractivity contribution in [2.24, 2.45) is 5.41 Å². The van der Waals surface area contributed by atoms with Crippen molar-refractivity contribution in [3.8, 4) is 11.5 Å². The van der Waals surface area contributed by atoms with Gasteiger partial charge in [-0.25, -0.2) is 0 Å². The molecule has 4 nitrogen and oxygen atoms in total. The molecule has 2 N–H and O–H groups in total. The highest BCUT2D eigenvalue weighted by molar-refractivity contribution is 5.51. The summed E-state index contributed by atoms with van der Waals surface area (Å²) in [6.45, 7) is 12.8. The molecular formula is C18H32N2O2. The van der Waals surface area contributed by atoms with Gasteiger partial charge in [0.05, 0.1) is 7.11 Å². The summed E-state index contributed by atoms with van der Waals surface area (Å²) in [4.78, 5) is 2.43. The molecule has 0 saturated carbocycles. The van der Waals surface area contributed by atoms with Gasteiger partial charge in [0, 0.05) is 18.3 Å². The van der Waals surface area contributed by atoms with Crippen molar-refractivity contribution < 1.29 is 9.47 Å². The van der Waals surface area contributed by atoms with Crippen LogP contribution in [0.1, 0.15) is 40.5 Å². The van der Waals surface area contributed by atoms with Gasteiger partial charge in [-0.05, 0) is 37.1 Å². The quantitative estimate of drug-likeness (QED) is 0.668. The Balaban J connectivity index is 2.46. The molecule has 126 valence electrons. The van der Waals surface area contributed by atoms with Crippen molar-refractivity contribution in [2.45, 2.75) is 40.5 Å². The molecule has 0 aliphatic rings. The number of likely N-dealkylation sites (N-methyl/N-ethyl adjacent to an activating group) is 1. The number of benzene rings is 1. The van der Waals surface area contributed by atoms with Crippen LogP contribution < -0.4 is 15.2 Å². The van der Waals surface area contributed by atoms with E-state index in [0.717, 1.165) is 25.4 Å². The van der Waals surface area contributed by atoms with E-state index in [4.69, 9.17) is 15.2 Å². The minimum absolute atomic E-state index is 0.408. The molecule has 1 aromatic carbocycles. The summed E-state index contributed by atoms with van der Waals surface area (Å²) in [5.41, 5.74) is 6.90. The van der Waals surface area contributed by atoms with Crippen LogP contribution in [0, 0.1) is 5.41 Å². The highest BCUT2D eigenvalue weighted by atomic mass is 16.5. The minimum Gasteiger partial charge on any atom is -0.493 e. The first-order chi connectivity index (χ1) is 10.4. The van der Waals surface area contributed by atoms with Gasteiger partial charge in [-0.15, -0.1) is 0 Å². The maximum absolute atomic E-state index is 5.85. The molecule has 0 aromatic heterocycles. The number of hydrogen-bond donors (Lipinski definition) is 1. The van der Waals surface area contributed by atoms with Gasteiger partial charge in [0.25, 0.3) is 0 Å². The number of methoxy groups -OCH3 is 1. The summed E-state index contributed by atoms with van der Waals surface area (Å²) < 4.78 is 11.1. The second-order valence-electron chi connectivity index (χ2n) is 6.46. The number of nitrogens with two attached hydrogens (primary N) is 1. The van der Waals surface area contributed by atoms with Crippen LogP contribution in [-0.2, 0) is 0 Å². The van der Waals surface area contributed by atoms with E-state index in [0.29, 0.717) is 23.5 Å². The number of anilines is 1. The predicted molar refractivity (Wildman–Crippen MR) is 93.7 cm³/mol. The third kappa shape index (κ3) is 6.14. The molecule has 0 aliphatic carbocycles. The molecule has 1 rings (SSSR count). The second kappa shape index (κ2) is 8.89. The number of nitrogen functional groups attached to an aromatic ring is 1. The standard InChI is InChI=1S/C18H32N2O2/c1-6-18(3,4)10-11-20(7-2)12-13-22-17-14-15(19)8-9-16(17)21-5/h8-9,14H,6-7,10-13,19H2,1-5H3. The fourth-order valence-electron chi connectivity index (χ4n) is 2.16. The van der Waals surface area contributed by atoms with Gasteiger partial charge in [0.1, 0.15) is 6.61 Å². The first kappa shape index (κ1) is 18.6. The third-order valence-corrected chi connectivity index (χ3v) is 4.36. The van der Waals surface area contributed by atoms with Gasteiger partial charge < -0.3 is 20.1 Å². The van der Waals surface area contributed by atoms with Crippen LogP contribution in [0.15, 0.2) is 18.2 Å². The smallest absolute Gasteiger partial charge is 0.163 e. The molecule has 0 amide bonds. The lowest BCUT2D eigenvalue weighted by Gasteiger charge is -2.27. The van der Waals surface area contributed by atoms with Crippen LogP contribution in [0.4, 0.5) is 5.69 Å². The van der Waals surface area contributed by atoms with Crippen LogP contribution in [0.25, 0.3) is 0 Å². The fourth-order valence-corrected chi connectivity index (χ4v) is 2.16. The lowest BCUT2D eigenvalue weighted by molar-refractivity contribution is 0.183. The normalized spacial score (nSPS) is 11.7. The van der Waals surface area contributed by atoms with Crippen molar-refractivity contribution >= 4 is 5.69 Å². The second-order valence-corrected chi connectivity index (χ2v) is 6.46. The molecule has 0 atom stereocenters. The molecule has 0 radical (unpaired) electrons. The average Bonchev–Trinajstić information content (AvgIpc) is 2.51. The predicted octanol–water partition coefficient (Wildman–Crippen LogP) is 3.80. The van der Waals surface area contributed by atoms with Gasteiger partial charge >= 0.3 is 0 Å². The van der Waals surface area contributed by atoms with E-state index in [1.54, 1.807) is 7.11 Å². The molecule has 0 bridgehead atoms. The Kier molecular flexibility index (Phi) is 7.52. The van der Waals surface area contributed by atoms with E-state index >= 15 is 0 Å². The summed E-state index contributed by atoms with van der Waals surface area (Å²) in [7, 11) is 1.64. The molecule has 22 heavy (non-hydrogen) atoms. The Morgan fingerprint density at radius 1 is 1.14 bits per heavy atom. The van der Waals surface area contributed by atoms with Crippen LogP contribution in [-0.4, -0.2) is 38.3 Å². The molecule has 0 saturated heterocycles. The molecule has 0 unspecified atom stereocenters. The number of ether oxygens (including phenoxy) is 2. The van der Waals surface area contributed by atoms with Crippen LogP contribution in [0.5, 0.6) is 11.5 Å². The van der Waals surface area contributed by atoms with Crippen LogP contribution >= 0.6 is 0 Å². The van der Waals surface area contributed by atoms with E-state index in [9.17, 15) is 0 Å². The molecular weight excluding hydrogens is 276 g/mol. The summed E-state index contributed by atoms with van der Waals surface area (Å²) in [5.74, 6) is 1.44. The highest BCUT2D eigenvalue weighted by Crippen LogP contribution is 2.29. The first-order valence-corrected chi connectivity index (χ1v) is 8.20. The van der Waals surface area contributed by atoms with Gasteiger partial charge in [-0.2, -0.15) is 0 Å². The molecule has 0 heterocycles. The molecule has 0 aliphatic heterocycles. The fraction of sp³-hybridized carbons (Fsp3) is 0.667. The van der Waals surface area contributed by atoms with Crippen molar-refractivity contribution in [3.05, 3.63) is 18.2 Å². The topological polar surface area (TPSA) is 47.7 Å². The zero-order valence-corrected chi connectivity index (χ0v) is 14.8. The lowest BCUT2D eigenvalue weighted by atomic mass is 9.86. The van der Waals surface area contributed by atoms with E-state index in [-0.39, 0.29) is 0 Å². The van der Waals surface area contributed by atoms with Gasteiger partial charge in [-0.3, -0.25) is 0 Å². The molecule has 4 heteroatoms. The van der Waals surface area contributed by atoms with E-state index in [1.807, 2.05) is 18.2 Å². The molecule has 0 fully saturated rings. The van der Waals surface area contributed by atoms with Crippen molar-refractivity contribution in [2.75, 3.05) is 39.1 Å². The minimum atomic E-state index is 0.408. The summed E-state index contributed by atoms with van der Waals surface area (Å²) in [6, 6.07) is 5.47. The SMILES string of the molecule is CCN(CCOc1cc(N)ccc1OC)CCC(C)(C)CC. The van der Waals surface area contributed by atoms with Crippen molar-refractivity contribution in [1.82, 2.24) is 4.90 Å². The van der Waals surface area contributed by atoms with E-state index in [1.165, 1.54) is 12.8 Å². The summed E-state index contributed by atoms with van der Waals surface area (Å²) >= 11 is 0. The maximum atomic E-state index is 5.85. The number of rotatable bonds is 10. The maximum Gasteiger partial charge on any atom is 0.163 e. The van der Waals surface area contributed by atoms with Crippen molar-refractivity contribution in [3.63, 3.8) is 0 Å².